The molecule has 0 saturated heterocycles. The van der Waals surface area contributed by atoms with E-state index in [0.29, 0.717) is 16.1 Å². The first-order valence-electron chi connectivity index (χ1n) is 5.16. The predicted octanol–water partition coefficient (Wildman–Crippen LogP) is 2.88. The summed E-state index contributed by atoms with van der Waals surface area (Å²) in [4.78, 5) is 13.2. The van der Waals surface area contributed by atoms with Crippen molar-refractivity contribution in [3.63, 3.8) is 0 Å². The fourth-order valence-electron chi connectivity index (χ4n) is 1.61. The Labute approximate surface area is 104 Å². The highest BCUT2D eigenvalue weighted by atomic mass is 32.1. The van der Waals surface area contributed by atoms with Crippen LogP contribution in [0.15, 0.2) is 30.3 Å². The van der Waals surface area contributed by atoms with Crippen molar-refractivity contribution in [3.8, 4) is 5.75 Å². The number of ether oxygens (including phenoxy) is 1. The van der Waals surface area contributed by atoms with Crippen LogP contribution in [0.3, 0.4) is 0 Å². The van der Waals surface area contributed by atoms with Crippen LogP contribution < -0.4 is 10.5 Å². The van der Waals surface area contributed by atoms with Gasteiger partial charge < -0.3 is 10.5 Å². The van der Waals surface area contributed by atoms with E-state index >= 15 is 0 Å². The van der Waals surface area contributed by atoms with Gasteiger partial charge in [0.15, 0.2) is 5.78 Å². The number of methoxy groups -OCH3 is 1. The summed E-state index contributed by atoms with van der Waals surface area (Å²) in [6.07, 6.45) is 0. The van der Waals surface area contributed by atoms with Crippen LogP contribution in [0, 0.1) is 6.92 Å². The molecular weight excluding hydrogens is 234 g/mol. The molecule has 2 N–H and O–H groups in total. The lowest BCUT2D eigenvalue weighted by molar-refractivity contribution is 0.104. The Morgan fingerprint density at radius 2 is 1.94 bits per heavy atom. The summed E-state index contributed by atoms with van der Waals surface area (Å²) >= 11 is 1.43. The van der Waals surface area contributed by atoms with Crippen LogP contribution in [0.4, 0.5) is 5.00 Å². The number of rotatable bonds is 3. The normalized spacial score (nSPS) is 10.2. The summed E-state index contributed by atoms with van der Waals surface area (Å²) in [5.74, 6) is 0.686. The first-order chi connectivity index (χ1) is 8.11. The minimum Gasteiger partial charge on any atom is -0.497 e. The third kappa shape index (κ3) is 2.31. The van der Waals surface area contributed by atoms with E-state index in [4.69, 9.17) is 10.5 Å². The van der Waals surface area contributed by atoms with E-state index in [1.807, 2.05) is 13.0 Å². The second kappa shape index (κ2) is 4.59. The van der Waals surface area contributed by atoms with E-state index in [1.54, 1.807) is 31.4 Å². The number of ketones is 1. The zero-order chi connectivity index (χ0) is 12.4. The number of nitrogens with two attached hydrogens (primary N) is 1. The van der Waals surface area contributed by atoms with Gasteiger partial charge in [-0.2, -0.15) is 0 Å². The Morgan fingerprint density at radius 3 is 2.41 bits per heavy atom. The fraction of sp³-hybridized carbons (Fsp3) is 0.154. The van der Waals surface area contributed by atoms with Crippen molar-refractivity contribution in [3.05, 3.63) is 46.3 Å². The monoisotopic (exact) mass is 247 g/mol. The molecule has 17 heavy (non-hydrogen) atoms. The van der Waals surface area contributed by atoms with E-state index in [0.717, 1.165) is 10.6 Å². The molecule has 4 heteroatoms. The van der Waals surface area contributed by atoms with Gasteiger partial charge in [0, 0.05) is 10.4 Å². The number of nitrogen functional groups attached to an aromatic ring is 1. The van der Waals surface area contributed by atoms with Crippen LogP contribution in [0.5, 0.6) is 5.75 Å². The second-order valence-electron chi connectivity index (χ2n) is 3.69. The SMILES string of the molecule is COc1ccc(C(=O)c2cc(C)sc2N)cc1. The predicted molar refractivity (Wildman–Crippen MR) is 69.9 cm³/mol. The zero-order valence-corrected chi connectivity index (χ0v) is 10.5. The van der Waals surface area contributed by atoms with Gasteiger partial charge >= 0.3 is 0 Å². The number of thiophene rings is 1. The van der Waals surface area contributed by atoms with Gasteiger partial charge in [-0.1, -0.05) is 0 Å². The smallest absolute Gasteiger partial charge is 0.195 e. The zero-order valence-electron chi connectivity index (χ0n) is 9.69. The second-order valence-corrected chi connectivity index (χ2v) is 4.98. The molecule has 0 spiro atoms. The molecule has 0 amide bonds. The Morgan fingerprint density at radius 1 is 1.29 bits per heavy atom. The average Bonchev–Trinajstić information content (AvgIpc) is 2.68. The van der Waals surface area contributed by atoms with Crippen LogP contribution >= 0.6 is 11.3 Å². The Hall–Kier alpha value is -1.81. The number of benzene rings is 1. The van der Waals surface area contributed by atoms with E-state index in [9.17, 15) is 4.79 Å². The number of aryl methyl sites for hydroxylation is 1. The molecule has 1 aromatic carbocycles. The first kappa shape index (κ1) is 11.7. The maximum absolute atomic E-state index is 12.2. The molecule has 0 unspecified atom stereocenters. The summed E-state index contributed by atoms with van der Waals surface area (Å²) < 4.78 is 5.05. The lowest BCUT2D eigenvalue weighted by atomic mass is 10.1. The van der Waals surface area contributed by atoms with Crippen LogP contribution in [-0.4, -0.2) is 12.9 Å². The molecule has 0 radical (unpaired) electrons. The first-order valence-corrected chi connectivity index (χ1v) is 5.98. The minimum absolute atomic E-state index is 0.0468. The molecule has 1 aromatic heterocycles. The van der Waals surface area contributed by atoms with Gasteiger partial charge in [0.1, 0.15) is 5.75 Å². The van der Waals surface area contributed by atoms with Gasteiger partial charge in [-0.05, 0) is 37.3 Å². The molecule has 2 rings (SSSR count). The molecule has 0 aliphatic carbocycles. The third-order valence-corrected chi connectivity index (χ3v) is 3.36. The standard InChI is InChI=1S/C13H13NO2S/c1-8-7-11(13(14)17-8)12(15)9-3-5-10(16-2)6-4-9/h3-7H,14H2,1-2H3. The highest BCUT2D eigenvalue weighted by Crippen LogP contribution is 2.26. The molecule has 0 fully saturated rings. The lowest BCUT2D eigenvalue weighted by Gasteiger charge is -2.02. The van der Waals surface area contributed by atoms with Crippen molar-refractivity contribution in [2.75, 3.05) is 12.8 Å². The van der Waals surface area contributed by atoms with Crippen molar-refractivity contribution in [2.24, 2.45) is 0 Å². The third-order valence-electron chi connectivity index (χ3n) is 2.48. The van der Waals surface area contributed by atoms with Crippen LogP contribution in [0.2, 0.25) is 0 Å². The number of hydrogen-bond donors (Lipinski definition) is 1. The number of carbonyl (C=O) groups excluding carboxylic acids is 1. The van der Waals surface area contributed by atoms with Crippen molar-refractivity contribution in [1.82, 2.24) is 0 Å². The van der Waals surface area contributed by atoms with E-state index in [-0.39, 0.29) is 5.78 Å². The molecule has 0 bridgehead atoms. The summed E-state index contributed by atoms with van der Waals surface area (Å²) in [7, 11) is 1.59. The van der Waals surface area contributed by atoms with Crippen LogP contribution in [0.25, 0.3) is 0 Å². The molecule has 0 aliphatic rings. The quantitative estimate of drug-likeness (QED) is 0.848. The van der Waals surface area contributed by atoms with Crippen molar-refractivity contribution >= 4 is 22.1 Å². The largest absolute Gasteiger partial charge is 0.497 e. The van der Waals surface area contributed by atoms with Gasteiger partial charge in [-0.25, -0.2) is 0 Å². The molecule has 1 heterocycles. The molecule has 3 nitrogen and oxygen atoms in total. The molecule has 88 valence electrons. The molecular formula is C13H13NO2S. The fourth-order valence-corrected chi connectivity index (χ4v) is 2.39. The van der Waals surface area contributed by atoms with Crippen molar-refractivity contribution in [1.29, 1.82) is 0 Å². The maximum atomic E-state index is 12.2. The molecule has 2 aromatic rings. The van der Waals surface area contributed by atoms with Gasteiger partial charge in [-0.15, -0.1) is 11.3 Å². The highest BCUT2D eigenvalue weighted by Gasteiger charge is 2.14. The average molecular weight is 247 g/mol. The van der Waals surface area contributed by atoms with Crippen LogP contribution in [-0.2, 0) is 0 Å². The van der Waals surface area contributed by atoms with Crippen molar-refractivity contribution in [2.45, 2.75) is 6.92 Å². The molecule has 0 atom stereocenters. The van der Waals surface area contributed by atoms with Gasteiger partial charge in [0.25, 0.3) is 0 Å². The molecule has 0 aliphatic heterocycles. The summed E-state index contributed by atoms with van der Waals surface area (Å²) in [6.45, 7) is 1.94. The number of carbonyl (C=O) groups is 1. The summed E-state index contributed by atoms with van der Waals surface area (Å²) in [5.41, 5.74) is 7.01. The van der Waals surface area contributed by atoms with E-state index in [1.165, 1.54) is 11.3 Å². The van der Waals surface area contributed by atoms with E-state index in [2.05, 4.69) is 0 Å². The topological polar surface area (TPSA) is 52.3 Å². The van der Waals surface area contributed by atoms with E-state index < -0.39 is 0 Å². The van der Waals surface area contributed by atoms with Crippen LogP contribution in [0.1, 0.15) is 20.8 Å². The number of hydrogen-bond acceptors (Lipinski definition) is 4. The van der Waals surface area contributed by atoms with Crippen molar-refractivity contribution < 1.29 is 9.53 Å². The number of anilines is 1. The minimum atomic E-state index is -0.0468. The Kier molecular flexibility index (Phi) is 3.15. The Balaban J connectivity index is 2.33. The van der Waals surface area contributed by atoms with Gasteiger partial charge in [0.2, 0.25) is 0 Å². The Bertz CT molecular complexity index is 543. The highest BCUT2D eigenvalue weighted by molar-refractivity contribution is 7.16. The van der Waals surface area contributed by atoms with Gasteiger partial charge in [-0.3, -0.25) is 4.79 Å². The van der Waals surface area contributed by atoms with Gasteiger partial charge in [0.05, 0.1) is 17.7 Å². The summed E-state index contributed by atoms with van der Waals surface area (Å²) in [6, 6.07) is 8.85. The lowest BCUT2D eigenvalue weighted by Crippen LogP contribution is -2.02. The summed E-state index contributed by atoms with van der Waals surface area (Å²) in [5, 5.41) is 0.573. The molecule has 0 saturated carbocycles. The maximum Gasteiger partial charge on any atom is 0.195 e.